The van der Waals surface area contributed by atoms with Gasteiger partial charge in [-0.15, -0.1) is 0 Å². The van der Waals surface area contributed by atoms with Gasteiger partial charge in [-0.3, -0.25) is 19.2 Å². The van der Waals surface area contributed by atoms with E-state index in [4.69, 9.17) is 14.2 Å². The van der Waals surface area contributed by atoms with Gasteiger partial charge in [0, 0.05) is 33.1 Å². The van der Waals surface area contributed by atoms with Gasteiger partial charge in [-0.05, 0) is 78.9 Å². The van der Waals surface area contributed by atoms with Crippen LogP contribution in [0.25, 0.3) is 0 Å². The molecule has 0 amide bonds. The lowest BCUT2D eigenvalue weighted by Gasteiger charge is -2.61. The van der Waals surface area contributed by atoms with Crippen LogP contribution in [-0.4, -0.2) is 42.5 Å². The Bertz CT molecular complexity index is 883. The molecule has 0 aromatic carbocycles. The van der Waals surface area contributed by atoms with Crippen LogP contribution in [0, 0.1) is 46.3 Å². The fraction of sp³-hybridized carbons (Fsp3) is 0.857. The van der Waals surface area contributed by atoms with Crippen LogP contribution in [0.5, 0.6) is 0 Å². The summed E-state index contributed by atoms with van der Waals surface area (Å²) in [7, 11) is 0. The van der Waals surface area contributed by atoms with Crippen molar-refractivity contribution in [2.24, 2.45) is 46.3 Å². The van der Waals surface area contributed by atoms with E-state index in [0.717, 1.165) is 25.7 Å². The molecule has 7 nitrogen and oxygen atoms in total. The molecule has 4 aliphatic rings. The van der Waals surface area contributed by atoms with E-state index in [1.54, 1.807) is 0 Å². The standard InChI is InChI=1S/C28H42O7/c1-15(14-33-16(2)29)20-7-8-21-19-11-24(32)23-12-25(34-17(3)30)26(35-18(4)31)13-28(23,6)22(19)9-10-27(20,21)5/h15,19-23,25-26H,7-14H2,1-6H3/t15-,19+,20-,21+,22+,23-,25+,26-,27-,28-/m1/s1. The SMILES string of the molecule is CC(=O)OC[C@@H](C)[C@H]1CC[C@H]2[C@@H]3CC(=O)[C@H]4C[C@H](OC(C)=O)[C@H](OC(C)=O)C[C@]4(C)[C@H]3CC[C@]12C. The summed E-state index contributed by atoms with van der Waals surface area (Å²) >= 11 is 0. The average Bonchev–Trinajstić information content (AvgIpc) is 3.10. The van der Waals surface area contributed by atoms with Crippen LogP contribution >= 0.6 is 0 Å². The van der Waals surface area contributed by atoms with Gasteiger partial charge in [0.1, 0.15) is 18.0 Å². The summed E-state index contributed by atoms with van der Waals surface area (Å²) in [6, 6.07) is 0. The Morgan fingerprint density at radius 1 is 0.914 bits per heavy atom. The molecule has 0 N–H and O–H groups in total. The van der Waals surface area contributed by atoms with E-state index in [-0.39, 0.29) is 34.5 Å². The highest BCUT2D eigenvalue weighted by Gasteiger charge is 2.64. The summed E-state index contributed by atoms with van der Waals surface area (Å²) in [5.41, 5.74) is -0.145. The zero-order valence-electron chi connectivity index (χ0n) is 22.1. The molecule has 0 unspecified atom stereocenters. The van der Waals surface area contributed by atoms with Crippen molar-refractivity contribution in [3.8, 4) is 0 Å². The number of ether oxygens (including phenoxy) is 3. The lowest BCUT2D eigenvalue weighted by Crippen LogP contribution is -2.60. The molecule has 4 fully saturated rings. The summed E-state index contributed by atoms with van der Waals surface area (Å²) in [5, 5.41) is 0. The van der Waals surface area contributed by atoms with Gasteiger partial charge in [0.2, 0.25) is 0 Å². The van der Waals surface area contributed by atoms with Crippen molar-refractivity contribution in [1.29, 1.82) is 0 Å². The Labute approximate surface area is 209 Å². The zero-order chi connectivity index (χ0) is 25.7. The monoisotopic (exact) mass is 490 g/mol. The van der Waals surface area contributed by atoms with Crippen LogP contribution in [0.4, 0.5) is 0 Å². The molecule has 0 saturated heterocycles. The molecule has 4 rings (SSSR count). The maximum Gasteiger partial charge on any atom is 0.303 e. The van der Waals surface area contributed by atoms with Crippen molar-refractivity contribution in [3.63, 3.8) is 0 Å². The van der Waals surface area contributed by atoms with Crippen LogP contribution in [0.2, 0.25) is 0 Å². The number of ketones is 1. The van der Waals surface area contributed by atoms with Gasteiger partial charge in [-0.25, -0.2) is 0 Å². The second-order valence-electron chi connectivity index (χ2n) is 12.3. The second kappa shape index (κ2) is 9.51. The molecule has 0 aliphatic heterocycles. The molecule has 10 atom stereocenters. The number of fused-ring (bicyclic) bond motifs is 5. The topological polar surface area (TPSA) is 96.0 Å². The number of rotatable bonds is 5. The van der Waals surface area contributed by atoms with E-state index in [1.807, 2.05) is 0 Å². The van der Waals surface area contributed by atoms with Crippen molar-refractivity contribution in [2.75, 3.05) is 6.61 Å². The van der Waals surface area contributed by atoms with Crippen LogP contribution in [-0.2, 0) is 33.4 Å². The van der Waals surface area contributed by atoms with Gasteiger partial charge in [-0.1, -0.05) is 20.8 Å². The molecule has 4 aliphatic carbocycles. The number of hydrogen-bond donors (Lipinski definition) is 0. The minimum atomic E-state index is -0.568. The molecule has 0 spiro atoms. The van der Waals surface area contributed by atoms with Gasteiger partial charge in [0.05, 0.1) is 6.61 Å². The highest BCUT2D eigenvalue weighted by Crippen LogP contribution is 2.67. The minimum absolute atomic E-state index is 0.133. The van der Waals surface area contributed by atoms with Gasteiger partial charge >= 0.3 is 17.9 Å². The second-order valence-corrected chi connectivity index (χ2v) is 12.3. The molecule has 4 saturated carbocycles. The molecule has 0 bridgehead atoms. The predicted octanol–water partition coefficient (Wildman–Crippen LogP) is 4.50. The van der Waals surface area contributed by atoms with E-state index in [2.05, 4.69) is 20.8 Å². The normalized spacial score (nSPS) is 43.3. The first-order valence-corrected chi connectivity index (χ1v) is 13.4. The number of carbonyl (C=O) groups is 4. The Morgan fingerprint density at radius 3 is 2.17 bits per heavy atom. The third-order valence-electron chi connectivity index (χ3n) is 10.4. The Balaban J connectivity index is 1.58. The van der Waals surface area contributed by atoms with Gasteiger partial charge in [-0.2, -0.15) is 0 Å². The number of carbonyl (C=O) groups excluding carboxylic acids is 4. The molecule has 0 radical (unpaired) electrons. The lowest BCUT2D eigenvalue weighted by atomic mass is 9.44. The van der Waals surface area contributed by atoms with E-state index in [9.17, 15) is 19.2 Å². The van der Waals surface area contributed by atoms with Crippen molar-refractivity contribution in [3.05, 3.63) is 0 Å². The minimum Gasteiger partial charge on any atom is -0.466 e. The summed E-state index contributed by atoms with van der Waals surface area (Å²) < 4.78 is 16.6. The fourth-order valence-electron chi connectivity index (χ4n) is 9.04. The van der Waals surface area contributed by atoms with Crippen LogP contribution < -0.4 is 0 Å². The maximum atomic E-state index is 13.6. The van der Waals surface area contributed by atoms with Crippen molar-refractivity contribution in [1.82, 2.24) is 0 Å². The van der Waals surface area contributed by atoms with Gasteiger partial charge < -0.3 is 14.2 Å². The highest BCUT2D eigenvalue weighted by atomic mass is 16.6. The Morgan fingerprint density at radius 2 is 1.54 bits per heavy atom. The number of hydrogen-bond acceptors (Lipinski definition) is 7. The summed E-state index contributed by atoms with van der Waals surface area (Å²) in [6.07, 6.45) is 4.82. The first kappa shape index (κ1) is 26.2. The predicted molar refractivity (Wildman–Crippen MR) is 128 cm³/mol. The quantitative estimate of drug-likeness (QED) is 0.414. The van der Waals surface area contributed by atoms with Crippen LogP contribution in [0.3, 0.4) is 0 Å². The van der Waals surface area contributed by atoms with E-state index in [1.165, 1.54) is 20.8 Å². The Kier molecular flexibility index (Phi) is 7.11. The largest absolute Gasteiger partial charge is 0.466 e. The summed E-state index contributed by atoms with van der Waals surface area (Å²) in [4.78, 5) is 48.6. The number of Topliss-reactive ketones (excluding diaryl/α,β-unsaturated/α-hetero) is 1. The Hall–Kier alpha value is -1.92. The molecule has 7 heteroatoms. The van der Waals surface area contributed by atoms with Crippen LogP contribution in [0.15, 0.2) is 0 Å². The lowest BCUT2D eigenvalue weighted by molar-refractivity contribution is -0.196. The molecular formula is C28H42O7. The smallest absolute Gasteiger partial charge is 0.303 e. The third-order valence-corrected chi connectivity index (χ3v) is 10.4. The first-order valence-electron chi connectivity index (χ1n) is 13.4. The van der Waals surface area contributed by atoms with Crippen LogP contribution in [0.1, 0.15) is 86.5 Å². The number of esters is 3. The first-order chi connectivity index (χ1) is 16.4. The van der Waals surface area contributed by atoms with Crippen molar-refractivity contribution < 1.29 is 33.4 Å². The third kappa shape index (κ3) is 4.64. The summed E-state index contributed by atoms with van der Waals surface area (Å²) in [5.74, 6) is 0.989. The molecule has 0 aromatic rings. The molecule has 0 heterocycles. The fourth-order valence-corrected chi connectivity index (χ4v) is 9.04. The maximum absolute atomic E-state index is 13.6. The zero-order valence-corrected chi connectivity index (χ0v) is 22.1. The van der Waals surface area contributed by atoms with Gasteiger partial charge in [0.25, 0.3) is 0 Å². The summed E-state index contributed by atoms with van der Waals surface area (Å²) in [6.45, 7) is 11.5. The van der Waals surface area contributed by atoms with E-state index < -0.39 is 18.2 Å². The molecular weight excluding hydrogens is 448 g/mol. The molecule has 196 valence electrons. The van der Waals surface area contributed by atoms with Crippen molar-refractivity contribution >= 4 is 23.7 Å². The molecule has 35 heavy (non-hydrogen) atoms. The van der Waals surface area contributed by atoms with E-state index >= 15 is 0 Å². The van der Waals surface area contributed by atoms with Gasteiger partial charge in [0.15, 0.2) is 0 Å². The average molecular weight is 491 g/mol. The highest BCUT2D eigenvalue weighted by molar-refractivity contribution is 5.83. The van der Waals surface area contributed by atoms with Crippen molar-refractivity contribution in [2.45, 2.75) is 98.7 Å². The molecule has 0 aromatic heterocycles. The van der Waals surface area contributed by atoms with E-state index in [0.29, 0.717) is 55.5 Å².